The number of rotatable bonds is 28. The molecule has 0 aromatic carbocycles. The van der Waals surface area contributed by atoms with Gasteiger partial charge in [-0.3, -0.25) is 18.3 Å². The van der Waals surface area contributed by atoms with Gasteiger partial charge in [0.15, 0.2) is 0 Å². The molecule has 0 aliphatic rings. The first-order chi connectivity index (χ1) is 22.5. The molecule has 0 saturated heterocycles. The van der Waals surface area contributed by atoms with Crippen LogP contribution in [-0.2, 0) is 36.4 Å². The summed E-state index contributed by atoms with van der Waals surface area (Å²) in [6.07, 6.45) is 15.4. The van der Waals surface area contributed by atoms with Crippen molar-refractivity contribution in [1.29, 1.82) is 0 Å². The Balaban J connectivity index is -0.000000174. The molecule has 0 rings (SSSR count). The minimum atomic E-state index is -3.24. The van der Waals surface area contributed by atoms with Gasteiger partial charge in [-0.25, -0.2) is 0 Å². The van der Waals surface area contributed by atoms with Gasteiger partial charge in [-0.2, -0.15) is 0 Å². The van der Waals surface area contributed by atoms with E-state index in [4.69, 9.17) is 18.1 Å². The molecule has 0 spiro atoms. The Morgan fingerprint density at radius 3 is 0.592 bits per heavy atom. The summed E-state index contributed by atoms with van der Waals surface area (Å²) in [6.45, 7) is 17.7. The SMILES string of the molecule is CCCCOP(=O)(O)CCCC.CCCCOP(=O)(O)CCCC.CCCCOP(=O)(O)CCCC.CCCCOP(=O)(O)CCCC.[U]. The molecular weight excluding hydrogens is 938 g/mol. The van der Waals surface area contributed by atoms with Gasteiger partial charge in [0.1, 0.15) is 0 Å². The average Bonchev–Trinajstić information content (AvgIpc) is 3.02. The minimum absolute atomic E-state index is 0. The van der Waals surface area contributed by atoms with E-state index in [1.165, 1.54) is 0 Å². The van der Waals surface area contributed by atoms with E-state index in [0.717, 1.165) is 103 Å². The van der Waals surface area contributed by atoms with Crippen molar-refractivity contribution in [2.75, 3.05) is 51.1 Å². The summed E-state index contributed by atoms with van der Waals surface area (Å²) in [5.41, 5.74) is 0. The molecule has 49 heavy (non-hydrogen) atoms. The summed E-state index contributed by atoms with van der Waals surface area (Å²) in [6, 6.07) is 0. The van der Waals surface area contributed by atoms with Gasteiger partial charge in [-0.05, 0) is 51.4 Å². The van der Waals surface area contributed by atoms with Crippen LogP contribution in [0.3, 0.4) is 0 Å². The van der Waals surface area contributed by atoms with Crippen molar-refractivity contribution in [3.63, 3.8) is 0 Å². The largest absolute Gasteiger partial charge is 0.328 e. The van der Waals surface area contributed by atoms with Gasteiger partial charge in [0, 0.05) is 55.8 Å². The zero-order chi connectivity index (χ0) is 37.8. The number of hydrogen-bond acceptors (Lipinski definition) is 8. The standard InChI is InChI=1S/4C8H19O3P.U/c4*1-3-5-7-11-12(9,10)8-6-4-2;/h4*3-8H2,1-2H3,(H,9,10);. The van der Waals surface area contributed by atoms with Crippen molar-refractivity contribution in [1.82, 2.24) is 0 Å². The third kappa shape index (κ3) is 54.1. The van der Waals surface area contributed by atoms with E-state index in [1.54, 1.807) is 0 Å². The van der Waals surface area contributed by atoms with Gasteiger partial charge < -0.3 is 37.7 Å². The maximum Gasteiger partial charge on any atom is 0.328 e. The monoisotopic (exact) mass is 1010 g/mol. The van der Waals surface area contributed by atoms with Crippen LogP contribution in [0.1, 0.15) is 158 Å². The molecule has 0 bridgehead atoms. The van der Waals surface area contributed by atoms with Gasteiger partial charge in [0.05, 0.1) is 26.4 Å². The van der Waals surface area contributed by atoms with E-state index in [1.807, 2.05) is 55.4 Å². The van der Waals surface area contributed by atoms with Crippen molar-refractivity contribution in [2.45, 2.75) is 158 Å². The first-order valence-corrected chi connectivity index (χ1v) is 25.4. The molecule has 0 radical (unpaired) electrons. The number of unbranched alkanes of at least 4 members (excludes halogenated alkanes) is 8. The van der Waals surface area contributed by atoms with Crippen LogP contribution in [0.4, 0.5) is 0 Å². The van der Waals surface area contributed by atoms with E-state index in [2.05, 4.69) is 0 Å². The van der Waals surface area contributed by atoms with Gasteiger partial charge in [-0.1, -0.05) is 107 Å². The Bertz CT molecular complexity index is 732. The Kier molecular flexibility index (Phi) is 49.9. The summed E-state index contributed by atoms with van der Waals surface area (Å²) in [4.78, 5) is 36.8. The predicted molar refractivity (Wildman–Crippen MR) is 202 cm³/mol. The van der Waals surface area contributed by atoms with Crippen LogP contribution in [0.5, 0.6) is 0 Å². The maximum atomic E-state index is 11.2. The Morgan fingerprint density at radius 1 is 0.327 bits per heavy atom. The van der Waals surface area contributed by atoms with Crippen molar-refractivity contribution in [2.24, 2.45) is 0 Å². The fourth-order valence-corrected chi connectivity index (χ4v) is 8.13. The third-order valence-electron chi connectivity index (χ3n) is 6.34. The van der Waals surface area contributed by atoms with Gasteiger partial charge >= 0.3 is 30.4 Å². The molecular formula is C32H76O12P4U. The van der Waals surface area contributed by atoms with Gasteiger partial charge in [-0.15, -0.1) is 0 Å². The third-order valence-corrected chi connectivity index (χ3v) is 12.2. The Hall–Kier alpha value is 1.65. The van der Waals surface area contributed by atoms with E-state index in [9.17, 15) is 37.8 Å². The van der Waals surface area contributed by atoms with Crippen LogP contribution in [0.2, 0.25) is 0 Å². The van der Waals surface area contributed by atoms with Crippen LogP contribution in [0.25, 0.3) is 0 Å². The smallest absolute Gasteiger partial charge is 0.324 e. The molecule has 0 saturated carbocycles. The van der Waals surface area contributed by atoms with Crippen molar-refractivity contribution >= 4 is 30.4 Å². The van der Waals surface area contributed by atoms with E-state index < -0.39 is 30.4 Å². The second-order valence-electron chi connectivity index (χ2n) is 11.6. The fraction of sp³-hybridized carbons (Fsp3) is 1.00. The van der Waals surface area contributed by atoms with Crippen LogP contribution in [-0.4, -0.2) is 70.6 Å². The molecule has 17 heteroatoms. The molecule has 12 nitrogen and oxygen atoms in total. The zero-order valence-corrected chi connectivity index (χ0v) is 40.1. The molecule has 0 aliphatic carbocycles. The summed E-state index contributed by atoms with van der Waals surface area (Å²) in [5, 5.41) is 0. The van der Waals surface area contributed by atoms with Crippen molar-refractivity contribution < 1.29 is 87.0 Å². The van der Waals surface area contributed by atoms with Crippen molar-refractivity contribution in [3.05, 3.63) is 0 Å². The first kappa shape index (κ1) is 59.9. The predicted octanol–water partition coefficient (Wildman–Crippen LogP) is 11.2. The molecule has 4 atom stereocenters. The summed E-state index contributed by atoms with van der Waals surface area (Å²) in [7, 11) is -13.0. The van der Waals surface area contributed by atoms with Crippen LogP contribution in [0, 0.1) is 31.1 Å². The second-order valence-corrected chi connectivity index (χ2v) is 19.5. The molecule has 300 valence electrons. The summed E-state index contributed by atoms with van der Waals surface area (Å²) in [5.74, 6) is 0. The van der Waals surface area contributed by atoms with Crippen LogP contribution >= 0.6 is 30.4 Å². The molecule has 4 N–H and O–H groups in total. The first-order valence-electron chi connectivity index (χ1n) is 18.3. The van der Waals surface area contributed by atoms with Crippen LogP contribution < -0.4 is 0 Å². The maximum absolute atomic E-state index is 11.2. The quantitative estimate of drug-likeness (QED) is 0.0430. The topological polar surface area (TPSA) is 186 Å². The Labute approximate surface area is 324 Å². The van der Waals surface area contributed by atoms with Gasteiger partial charge in [0.25, 0.3) is 0 Å². The molecule has 0 fully saturated rings. The van der Waals surface area contributed by atoms with E-state index >= 15 is 0 Å². The zero-order valence-electron chi connectivity index (χ0n) is 32.3. The minimum Gasteiger partial charge on any atom is -0.324 e. The van der Waals surface area contributed by atoms with E-state index in [0.29, 0.717) is 51.1 Å². The molecule has 4 unspecified atom stereocenters. The second kappa shape index (κ2) is 40.8. The van der Waals surface area contributed by atoms with Crippen LogP contribution in [0.15, 0.2) is 0 Å². The normalized spacial score (nSPS) is 15.6. The van der Waals surface area contributed by atoms with Gasteiger partial charge in [0.2, 0.25) is 0 Å². The fourth-order valence-electron chi connectivity index (χ4n) is 3.10. The molecule has 0 aromatic rings. The Morgan fingerprint density at radius 2 is 0.469 bits per heavy atom. The molecule has 0 aliphatic heterocycles. The summed E-state index contributed by atoms with van der Waals surface area (Å²) < 4.78 is 64.3. The molecule has 0 amide bonds. The molecule has 0 heterocycles. The number of hydrogen-bond donors (Lipinski definition) is 4. The summed E-state index contributed by atoms with van der Waals surface area (Å²) >= 11 is 0. The van der Waals surface area contributed by atoms with Crippen molar-refractivity contribution in [3.8, 4) is 0 Å². The molecule has 0 aromatic heterocycles. The average molecular weight is 1010 g/mol. The van der Waals surface area contributed by atoms with E-state index in [-0.39, 0.29) is 31.1 Å².